The minimum atomic E-state index is 1.10. The van der Waals surface area contributed by atoms with Crippen molar-refractivity contribution < 1.29 is 0 Å². The van der Waals surface area contributed by atoms with Gasteiger partial charge in [0.2, 0.25) is 0 Å². The molecule has 0 aliphatic rings. The van der Waals surface area contributed by atoms with Crippen LogP contribution in [-0.2, 0) is 0 Å². The summed E-state index contributed by atoms with van der Waals surface area (Å²) in [6, 6.07) is 82.1. The molecule has 0 saturated carbocycles. The number of anilines is 3. The molecule has 0 heterocycles. The molecule has 0 fully saturated rings. The second-order valence-corrected chi connectivity index (χ2v) is 15.0. The first-order valence-corrected chi connectivity index (χ1v) is 19.7. The molecule has 11 aromatic carbocycles. The molecule has 0 amide bonds. The van der Waals surface area contributed by atoms with Crippen LogP contribution in [0.2, 0.25) is 0 Å². The Bertz CT molecular complexity index is 3100. The number of hydrogen-bond acceptors (Lipinski definition) is 1. The minimum Gasteiger partial charge on any atom is -0.311 e. The zero-order valence-electron chi connectivity index (χ0n) is 31.3. The van der Waals surface area contributed by atoms with E-state index in [2.05, 4.69) is 229 Å². The molecule has 0 spiro atoms. The molecule has 0 bridgehead atoms. The first kappa shape index (κ1) is 32.9. The molecule has 1 heteroatoms. The van der Waals surface area contributed by atoms with Crippen LogP contribution in [0, 0.1) is 0 Å². The van der Waals surface area contributed by atoms with Crippen molar-refractivity contribution in [3.63, 3.8) is 0 Å². The average molecular weight is 724 g/mol. The Morgan fingerprint density at radius 3 is 0.930 bits per heavy atom. The molecule has 0 atom stereocenters. The van der Waals surface area contributed by atoms with Crippen molar-refractivity contribution in [2.75, 3.05) is 4.90 Å². The van der Waals surface area contributed by atoms with Gasteiger partial charge in [0, 0.05) is 17.1 Å². The van der Waals surface area contributed by atoms with Crippen molar-refractivity contribution in [1.29, 1.82) is 0 Å². The zero-order chi connectivity index (χ0) is 37.7. The summed E-state index contributed by atoms with van der Waals surface area (Å²) < 4.78 is 0. The van der Waals surface area contributed by atoms with Crippen LogP contribution in [0.1, 0.15) is 0 Å². The summed E-state index contributed by atoms with van der Waals surface area (Å²) in [6.07, 6.45) is 0. The Morgan fingerprint density at radius 2 is 0.491 bits per heavy atom. The fourth-order valence-electron chi connectivity index (χ4n) is 8.59. The first-order chi connectivity index (χ1) is 28.2. The van der Waals surface area contributed by atoms with Crippen LogP contribution in [0.4, 0.5) is 17.1 Å². The van der Waals surface area contributed by atoms with Gasteiger partial charge >= 0.3 is 0 Å². The number of benzene rings is 11. The second kappa shape index (κ2) is 13.7. The van der Waals surface area contributed by atoms with Crippen LogP contribution in [0.25, 0.3) is 87.2 Å². The zero-order valence-corrected chi connectivity index (χ0v) is 31.3. The average Bonchev–Trinajstić information content (AvgIpc) is 3.29. The van der Waals surface area contributed by atoms with E-state index in [9.17, 15) is 0 Å². The molecule has 0 aromatic heterocycles. The van der Waals surface area contributed by atoms with E-state index in [-0.39, 0.29) is 0 Å². The van der Waals surface area contributed by atoms with E-state index < -0.39 is 0 Å². The van der Waals surface area contributed by atoms with Gasteiger partial charge in [-0.2, -0.15) is 0 Å². The minimum absolute atomic E-state index is 1.10. The van der Waals surface area contributed by atoms with E-state index in [1.165, 1.54) is 87.2 Å². The molecule has 11 rings (SSSR count). The molecule has 0 aliphatic carbocycles. The molecule has 0 unspecified atom stereocenters. The largest absolute Gasteiger partial charge is 0.311 e. The third-order valence-electron chi connectivity index (χ3n) is 11.6. The number of nitrogens with zero attached hydrogens (tertiary/aromatic N) is 1. The van der Waals surface area contributed by atoms with Gasteiger partial charge in [-0.05, 0) is 142 Å². The molecule has 0 aliphatic heterocycles. The quantitative estimate of drug-likeness (QED) is 0.154. The molecule has 57 heavy (non-hydrogen) atoms. The maximum Gasteiger partial charge on any atom is 0.0462 e. The molecular formula is C56H37N. The lowest BCUT2D eigenvalue weighted by atomic mass is 9.96. The molecular weight excluding hydrogens is 687 g/mol. The summed E-state index contributed by atoms with van der Waals surface area (Å²) in [7, 11) is 0. The normalized spacial score (nSPS) is 11.5. The summed E-state index contributed by atoms with van der Waals surface area (Å²) >= 11 is 0. The first-order valence-electron chi connectivity index (χ1n) is 19.7. The highest BCUT2D eigenvalue weighted by Crippen LogP contribution is 2.39. The van der Waals surface area contributed by atoms with Crippen LogP contribution < -0.4 is 4.90 Å². The second-order valence-electron chi connectivity index (χ2n) is 15.0. The lowest BCUT2D eigenvalue weighted by Crippen LogP contribution is -2.09. The molecule has 0 radical (unpaired) electrons. The van der Waals surface area contributed by atoms with Gasteiger partial charge in [-0.25, -0.2) is 0 Å². The lowest BCUT2D eigenvalue weighted by Gasteiger charge is -2.26. The van der Waals surface area contributed by atoms with Gasteiger partial charge in [0.05, 0.1) is 0 Å². The maximum atomic E-state index is 2.36. The maximum absolute atomic E-state index is 2.36. The molecule has 0 saturated heterocycles. The molecule has 1 nitrogen and oxygen atoms in total. The Hall–Kier alpha value is -7.48. The highest BCUT2D eigenvalue weighted by molar-refractivity contribution is 6.10. The molecule has 11 aromatic rings. The van der Waals surface area contributed by atoms with E-state index in [4.69, 9.17) is 0 Å². The summed E-state index contributed by atoms with van der Waals surface area (Å²) in [6.45, 7) is 0. The van der Waals surface area contributed by atoms with Crippen LogP contribution >= 0.6 is 0 Å². The predicted octanol–water partition coefficient (Wildman–Crippen LogP) is 15.9. The van der Waals surface area contributed by atoms with Crippen LogP contribution in [-0.4, -0.2) is 0 Å². The third-order valence-corrected chi connectivity index (χ3v) is 11.6. The van der Waals surface area contributed by atoms with Gasteiger partial charge in [0.15, 0.2) is 0 Å². The summed E-state index contributed by atoms with van der Waals surface area (Å²) in [5.41, 5.74) is 10.5. The number of hydrogen-bond donors (Lipinski definition) is 0. The van der Waals surface area contributed by atoms with E-state index in [1.807, 2.05) is 0 Å². The third kappa shape index (κ3) is 5.98. The van der Waals surface area contributed by atoms with Crippen molar-refractivity contribution in [2.24, 2.45) is 0 Å². The van der Waals surface area contributed by atoms with Crippen molar-refractivity contribution >= 4 is 70.9 Å². The lowest BCUT2D eigenvalue weighted by molar-refractivity contribution is 1.28. The van der Waals surface area contributed by atoms with E-state index in [1.54, 1.807) is 0 Å². The number of fused-ring (bicyclic) bond motifs is 7. The van der Waals surface area contributed by atoms with Gasteiger partial charge < -0.3 is 4.90 Å². The van der Waals surface area contributed by atoms with Gasteiger partial charge in [-0.3, -0.25) is 0 Å². The van der Waals surface area contributed by atoms with Gasteiger partial charge in [0.25, 0.3) is 0 Å². The summed E-state index contributed by atoms with van der Waals surface area (Å²) in [4.78, 5) is 2.36. The van der Waals surface area contributed by atoms with E-state index >= 15 is 0 Å². The van der Waals surface area contributed by atoms with E-state index in [0.717, 1.165) is 17.1 Å². The highest BCUT2D eigenvalue weighted by atomic mass is 15.1. The Morgan fingerprint density at radius 1 is 0.193 bits per heavy atom. The van der Waals surface area contributed by atoms with Gasteiger partial charge in [0.1, 0.15) is 0 Å². The Balaban J connectivity index is 0.975. The summed E-state index contributed by atoms with van der Waals surface area (Å²) in [5, 5.41) is 12.7. The van der Waals surface area contributed by atoms with Crippen LogP contribution in [0.5, 0.6) is 0 Å². The fraction of sp³-hybridized carbons (Fsp3) is 0. The predicted molar refractivity (Wildman–Crippen MR) is 245 cm³/mol. The van der Waals surface area contributed by atoms with Gasteiger partial charge in [-0.15, -0.1) is 0 Å². The van der Waals surface area contributed by atoms with Crippen LogP contribution in [0.15, 0.2) is 224 Å². The SMILES string of the molecule is c1ccc2cc(-c3ccc(N(c4ccc(-c5ccc6ccc7ccccc7c6c5)cc4)c4ccc(-c5ccc6ccc7ccccc7c6c5)cc4)cc3)ccc2c1. The van der Waals surface area contributed by atoms with Crippen molar-refractivity contribution in [1.82, 2.24) is 0 Å². The van der Waals surface area contributed by atoms with Crippen molar-refractivity contribution in [3.8, 4) is 33.4 Å². The Kier molecular flexibility index (Phi) is 7.89. The van der Waals surface area contributed by atoms with E-state index in [0.29, 0.717) is 0 Å². The fourth-order valence-corrected chi connectivity index (χ4v) is 8.59. The number of rotatable bonds is 6. The topological polar surface area (TPSA) is 3.24 Å². The smallest absolute Gasteiger partial charge is 0.0462 e. The standard InChI is InChI=1S/C56H37N/c1-2-10-46-35-47(20-13-38(46)7-1)39-23-29-50(30-24-39)57(51-31-25-40(26-32-51)48-21-18-44-16-14-42-8-3-5-11-53(42)55(44)36-48)52-33-27-41(28-34-52)49-22-19-45-17-15-43-9-4-6-12-54(43)56(45)37-49/h1-37H. The van der Waals surface area contributed by atoms with Crippen LogP contribution in [0.3, 0.4) is 0 Å². The highest BCUT2D eigenvalue weighted by Gasteiger charge is 2.15. The Labute approximate surface area is 332 Å². The summed E-state index contributed by atoms with van der Waals surface area (Å²) in [5.74, 6) is 0. The monoisotopic (exact) mass is 723 g/mol. The molecule has 0 N–H and O–H groups in total. The van der Waals surface area contributed by atoms with Crippen molar-refractivity contribution in [2.45, 2.75) is 0 Å². The van der Waals surface area contributed by atoms with Crippen molar-refractivity contribution in [3.05, 3.63) is 224 Å². The van der Waals surface area contributed by atoms with Gasteiger partial charge in [-0.1, -0.05) is 170 Å². The molecule has 266 valence electrons.